The molecule has 0 N–H and O–H groups in total. The van der Waals surface area contributed by atoms with Gasteiger partial charge in [0.15, 0.2) is 0 Å². The largest absolute Gasteiger partial charge is 0.337 e. The van der Waals surface area contributed by atoms with Crippen molar-refractivity contribution in [3.63, 3.8) is 0 Å². The first-order chi connectivity index (χ1) is 9.65. The molecule has 2 heterocycles. The zero-order chi connectivity index (χ0) is 14.1. The summed E-state index contributed by atoms with van der Waals surface area (Å²) < 4.78 is 26.5. The standard InChI is InChI=1S/C15H18F2N2O/c16-11-3-4-13(14(17)9-11)15(20)19-8-5-12(10-19)18-6-1-2-7-18/h3-4,9,12H,1-2,5-8,10H2. The second-order valence-corrected chi connectivity index (χ2v) is 5.56. The number of hydrogen-bond acceptors (Lipinski definition) is 2. The van der Waals surface area contributed by atoms with E-state index in [9.17, 15) is 13.6 Å². The maximum absolute atomic E-state index is 13.7. The number of benzene rings is 1. The summed E-state index contributed by atoms with van der Waals surface area (Å²) in [5.74, 6) is -1.76. The molecule has 1 aromatic rings. The molecule has 20 heavy (non-hydrogen) atoms. The quantitative estimate of drug-likeness (QED) is 0.829. The van der Waals surface area contributed by atoms with Crippen LogP contribution < -0.4 is 0 Å². The molecule has 3 rings (SSSR count). The molecule has 0 aliphatic carbocycles. The Bertz CT molecular complexity index is 515. The number of nitrogens with zero attached hydrogens (tertiary/aromatic N) is 2. The zero-order valence-electron chi connectivity index (χ0n) is 11.3. The van der Waals surface area contributed by atoms with Crippen molar-refractivity contribution in [1.82, 2.24) is 9.80 Å². The number of carbonyl (C=O) groups is 1. The monoisotopic (exact) mass is 280 g/mol. The van der Waals surface area contributed by atoms with E-state index in [1.165, 1.54) is 18.9 Å². The molecule has 0 aromatic heterocycles. The Morgan fingerprint density at radius 3 is 2.60 bits per heavy atom. The number of likely N-dealkylation sites (tertiary alicyclic amines) is 2. The normalized spacial score (nSPS) is 23.5. The fourth-order valence-corrected chi connectivity index (χ4v) is 3.16. The molecular weight excluding hydrogens is 262 g/mol. The Balaban J connectivity index is 1.69. The molecule has 1 aromatic carbocycles. The van der Waals surface area contributed by atoms with E-state index < -0.39 is 11.6 Å². The average molecular weight is 280 g/mol. The van der Waals surface area contributed by atoms with E-state index in [0.717, 1.165) is 31.6 Å². The summed E-state index contributed by atoms with van der Waals surface area (Å²) in [4.78, 5) is 16.4. The van der Waals surface area contributed by atoms with Gasteiger partial charge in [0.1, 0.15) is 11.6 Å². The molecule has 108 valence electrons. The predicted molar refractivity (Wildman–Crippen MR) is 71.5 cm³/mol. The third-order valence-corrected chi connectivity index (χ3v) is 4.27. The van der Waals surface area contributed by atoms with Gasteiger partial charge in [-0.1, -0.05) is 0 Å². The van der Waals surface area contributed by atoms with Crippen molar-refractivity contribution in [2.75, 3.05) is 26.2 Å². The minimum atomic E-state index is -0.778. The van der Waals surface area contributed by atoms with Crippen LogP contribution in [0.3, 0.4) is 0 Å². The van der Waals surface area contributed by atoms with Gasteiger partial charge in [-0.25, -0.2) is 8.78 Å². The van der Waals surface area contributed by atoms with Crippen LogP contribution in [-0.4, -0.2) is 47.9 Å². The van der Waals surface area contributed by atoms with Crippen molar-refractivity contribution in [1.29, 1.82) is 0 Å². The molecule has 3 nitrogen and oxygen atoms in total. The van der Waals surface area contributed by atoms with Crippen molar-refractivity contribution in [3.8, 4) is 0 Å². The van der Waals surface area contributed by atoms with Crippen LogP contribution in [-0.2, 0) is 0 Å². The van der Waals surface area contributed by atoms with E-state index in [4.69, 9.17) is 0 Å². The lowest BCUT2D eigenvalue weighted by Gasteiger charge is -2.23. The van der Waals surface area contributed by atoms with Crippen LogP contribution >= 0.6 is 0 Å². The lowest BCUT2D eigenvalue weighted by atomic mass is 10.2. The highest BCUT2D eigenvalue weighted by molar-refractivity contribution is 5.94. The molecule has 0 radical (unpaired) electrons. The van der Waals surface area contributed by atoms with E-state index in [1.54, 1.807) is 4.90 Å². The van der Waals surface area contributed by atoms with Gasteiger partial charge in [-0.05, 0) is 44.5 Å². The molecule has 2 aliphatic rings. The highest BCUT2D eigenvalue weighted by Gasteiger charge is 2.32. The van der Waals surface area contributed by atoms with Crippen LogP contribution in [0.25, 0.3) is 0 Å². The molecule has 0 saturated carbocycles. The summed E-state index contributed by atoms with van der Waals surface area (Å²) in [6, 6.07) is 3.52. The third-order valence-electron chi connectivity index (χ3n) is 4.27. The first-order valence-electron chi connectivity index (χ1n) is 7.13. The zero-order valence-corrected chi connectivity index (χ0v) is 11.3. The maximum Gasteiger partial charge on any atom is 0.256 e. The molecule has 1 unspecified atom stereocenters. The molecule has 2 aliphatic heterocycles. The number of carbonyl (C=O) groups excluding carboxylic acids is 1. The smallest absolute Gasteiger partial charge is 0.256 e. The van der Waals surface area contributed by atoms with E-state index in [-0.39, 0.29) is 11.5 Å². The van der Waals surface area contributed by atoms with Gasteiger partial charge in [-0.15, -0.1) is 0 Å². The minimum Gasteiger partial charge on any atom is -0.337 e. The van der Waals surface area contributed by atoms with Crippen molar-refractivity contribution < 1.29 is 13.6 Å². The fraction of sp³-hybridized carbons (Fsp3) is 0.533. The molecule has 2 fully saturated rings. The van der Waals surface area contributed by atoms with Crippen molar-refractivity contribution in [2.45, 2.75) is 25.3 Å². The van der Waals surface area contributed by atoms with Gasteiger partial charge in [0.05, 0.1) is 5.56 Å². The van der Waals surface area contributed by atoms with Crippen LogP contribution in [0.2, 0.25) is 0 Å². The first-order valence-corrected chi connectivity index (χ1v) is 7.13. The van der Waals surface area contributed by atoms with Gasteiger partial charge in [0.2, 0.25) is 0 Å². The summed E-state index contributed by atoms with van der Waals surface area (Å²) in [5.41, 5.74) is -0.0338. The molecule has 2 saturated heterocycles. The lowest BCUT2D eigenvalue weighted by molar-refractivity contribution is 0.0775. The Morgan fingerprint density at radius 1 is 1.15 bits per heavy atom. The number of amides is 1. The van der Waals surface area contributed by atoms with Gasteiger partial charge in [-0.2, -0.15) is 0 Å². The van der Waals surface area contributed by atoms with Gasteiger partial charge in [-0.3, -0.25) is 9.69 Å². The lowest BCUT2D eigenvalue weighted by Crippen LogP contribution is -2.37. The minimum absolute atomic E-state index is 0.0338. The summed E-state index contributed by atoms with van der Waals surface area (Å²) in [6.45, 7) is 3.49. The van der Waals surface area contributed by atoms with Gasteiger partial charge in [0, 0.05) is 25.2 Å². The second-order valence-electron chi connectivity index (χ2n) is 5.56. The summed E-state index contributed by atoms with van der Waals surface area (Å²) in [6.07, 6.45) is 3.38. The van der Waals surface area contributed by atoms with Crippen molar-refractivity contribution in [2.24, 2.45) is 0 Å². The fourth-order valence-electron chi connectivity index (χ4n) is 3.16. The van der Waals surface area contributed by atoms with Crippen LogP contribution in [0.5, 0.6) is 0 Å². The SMILES string of the molecule is O=C(c1ccc(F)cc1F)N1CCC(N2CCCC2)C1. The summed E-state index contributed by atoms with van der Waals surface area (Å²) >= 11 is 0. The van der Waals surface area contributed by atoms with Crippen LogP contribution in [0, 0.1) is 11.6 Å². The van der Waals surface area contributed by atoms with E-state index >= 15 is 0 Å². The first kappa shape index (κ1) is 13.5. The summed E-state index contributed by atoms with van der Waals surface area (Å²) in [5, 5.41) is 0. The average Bonchev–Trinajstić information content (AvgIpc) is 3.09. The molecule has 1 amide bonds. The number of rotatable bonds is 2. The van der Waals surface area contributed by atoms with Crippen molar-refractivity contribution in [3.05, 3.63) is 35.4 Å². The Labute approximate surface area is 117 Å². The topological polar surface area (TPSA) is 23.6 Å². The molecule has 0 bridgehead atoms. The maximum atomic E-state index is 13.7. The number of halogens is 2. The van der Waals surface area contributed by atoms with E-state index in [1.807, 2.05) is 0 Å². The van der Waals surface area contributed by atoms with E-state index in [2.05, 4.69) is 4.90 Å². The Morgan fingerprint density at radius 2 is 1.90 bits per heavy atom. The molecular formula is C15H18F2N2O. The Kier molecular flexibility index (Phi) is 3.70. The third kappa shape index (κ3) is 2.54. The highest BCUT2D eigenvalue weighted by Crippen LogP contribution is 2.22. The van der Waals surface area contributed by atoms with Gasteiger partial charge >= 0.3 is 0 Å². The number of hydrogen-bond donors (Lipinski definition) is 0. The van der Waals surface area contributed by atoms with Crippen LogP contribution in [0.15, 0.2) is 18.2 Å². The molecule has 5 heteroatoms. The van der Waals surface area contributed by atoms with E-state index in [0.29, 0.717) is 19.1 Å². The highest BCUT2D eigenvalue weighted by atomic mass is 19.1. The van der Waals surface area contributed by atoms with Crippen LogP contribution in [0.4, 0.5) is 8.78 Å². The summed E-state index contributed by atoms with van der Waals surface area (Å²) in [7, 11) is 0. The molecule has 1 atom stereocenters. The second kappa shape index (κ2) is 5.48. The Hall–Kier alpha value is -1.49. The van der Waals surface area contributed by atoms with Gasteiger partial charge < -0.3 is 4.90 Å². The van der Waals surface area contributed by atoms with Crippen molar-refractivity contribution >= 4 is 5.91 Å². The molecule has 0 spiro atoms. The van der Waals surface area contributed by atoms with Crippen LogP contribution in [0.1, 0.15) is 29.6 Å². The predicted octanol–water partition coefficient (Wildman–Crippen LogP) is 2.28. The van der Waals surface area contributed by atoms with Gasteiger partial charge in [0.25, 0.3) is 5.91 Å².